The average Bonchev–Trinajstić information content (AvgIpc) is 2.68. The Kier molecular flexibility index (Phi) is 19.2. The van der Waals surface area contributed by atoms with Gasteiger partial charge in [0.05, 0.1) is 147 Å². The maximum absolute atomic E-state index is 2.56. The minimum Gasteiger partial charge on any atom is -0.146 e. The van der Waals surface area contributed by atoms with Crippen molar-refractivity contribution < 1.29 is 0 Å². The lowest BCUT2D eigenvalue weighted by molar-refractivity contribution is 1.80. The summed E-state index contributed by atoms with van der Waals surface area (Å²) in [6.07, 6.45) is 9.48. The molecule has 1 atom stereocenters. The molecule has 0 nitrogen and oxygen atoms in total. The van der Waals surface area contributed by atoms with E-state index >= 15 is 0 Å². The zero-order chi connectivity index (χ0) is 29.5. The first-order valence-electron chi connectivity index (χ1n) is 16.8. The lowest BCUT2D eigenvalue weighted by atomic mass is 8.40. The topological polar surface area (TPSA) is 0 Å². The average molecular weight is 442 g/mol. The molecule has 0 N–H and O–H groups in total. The van der Waals surface area contributed by atoms with Crippen LogP contribution in [0.1, 0.15) is 0 Å². The van der Waals surface area contributed by atoms with Crippen molar-refractivity contribution in [3.05, 3.63) is 0 Å². The second kappa shape index (κ2) is 18.1. The Labute approximate surface area is 260 Å². The van der Waals surface area contributed by atoms with Crippen LogP contribution in [0.25, 0.3) is 0 Å². The van der Waals surface area contributed by atoms with Gasteiger partial charge in [0.25, 0.3) is 0 Å². The fourth-order valence-electron chi connectivity index (χ4n) is 10.2. The van der Waals surface area contributed by atoms with Crippen LogP contribution in [0.4, 0.5) is 0 Å². The van der Waals surface area contributed by atoms with E-state index in [0.717, 1.165) is 57.0 Å². The van der Waals surface area contributed by atoms with Crippen molar-refractivity contribution in [1.82, 2.24) is 0 Å². The molecule has 0 saturated carbocycles. The molecule has 0 spiro atoms. The van der Waals surface area contributed by atoms with E-state index in [0.29, 0.717) is 51.1 Å². The summed E-state index contributed by atoms with van der Waals surface area (Å²) in [6, 6.07) is 0. The monoisotopic (exact) mass is 449 g/mol. The summed E-state index contributed by atoms with van der Waals surface area (Å²) >= 11 is 0. The van der Waals surface area contributed by atoms with E-state index in [4.69, 9.17) is 0 Å². The normalized spacial score (nSPS) is 10.5. The van der Waals surface area contributed by atoms with Crippen LogP contribution in [0, 0.1) is 0 Å². The summed E-state index contributed by atoms with van der Waals surface area (Å²) in [5.41, 5.74) is 0.756. The summed E-state index contributed by atoms with van der Waals surface area (Å²) in [7, 11) is 49.7. The van der Waals surface area contributed by atoms with Gasteiger partial charge in [-0.2, -0.15) is 0 Å². The van der Waals surface area contributed by atoms with Gasteiger partial charge in [-0.15, -0.1) is 5.62 Å². The van der Waals surface area contributed by atoms with Gasteiger partial charge in [-0.05, 0) is 0 Å². The van der Waals surface area contributed by atoms with E-state index in [1.165, 1.54) is 7.06 Å². The van der Waals surface area contributed by atoms with E-state index in [2.05, 4.69) is 147 Å². The van der Waals surface area contributed by atoms with Gasteiger partial charge in [0, 0.05) is 110 Å². The molecule has 1 unspecified atom stereocenters. The van der Waals surface area contributed by atoms with Crippen LogP contribution >= 0.6 is 0 Å². The maximum Gasteiger partial charge on any atom is 0.0594 e. The molecule has 0 aromatic rings. The maximum atomic E-state index is 2.56. The molecule has 0 aliphatic heterocycles. The quantitative estimate of drug-likeness (QED) is 0.197. The van der Waals surface area contributed by atoms with Crippen LogP contribution in [-0.4, -0.2) is 257 Å². The molecule has 36 heteroatoms. The summed E-state index contributed by atoms with van der Waals surface area (Å²) in [4.78, 5) is 0. The molecule has 0 heterocycles. The van der Waals surface area contributed by atoms with Gasteiger partial charge in [0.1, 0.15) is 0 Å². The van der Waals surface area contributed by atoms with Crippen LogP contribution in [-0.2, 0) is 0 Å². The fraction of sp³-hybridized carbons (Fsp3) is 1.00. The molecular weight excluding hydrogens is 401 g/mol. The van der Waals surface area contributed by atoms with Crippen molar-refractivity contribution in [3.63, 3.8) is 0 Å². The highest BCUT2D eigenvalue weighted by atomic mass is 13.7. The Bertz CT molecular complexity index is 529. The van der Waals surface area contributed by atoms with Gasteiger partial charge in [-0.25, -0.2) is 0 Å². The highest BCUT2D eigenvalue weighted by Gasteiger charge is 2.55. The minimum absolute atomic E-state index is 0.708. The molecule has 0 saturated heterocycles. The number of rotatable bonds is 17. The van der Waals surface area contributed by atoms with Crippen molar-refractivity contribution in [2.75, 3.05) is 0 Å². The molecule has 152 valence electrons. The number of hydrogen-bond donors (Lipinski definition) is 0. The fourth-order valence-corrected chi connectivity index (χ4v) is 10.2. The van der Waals surface area contributed by atoms with Crippen molar-refractivity contribution in [2.24, 2.45) is 0 Å². The predicted octanol–water partition coefficient (Wildman–Crippen LogP) is -23.8. The van der Waals surface area contributed by atoms with Crippen LogP contribution in [0.5, 0.6) is 0 Å². The minimum atomic E-state index is 0.708. The van der Waals surface area contributed by atoms with Crippen molar-refractivity contribution in [2.45, 2.75) is 5.62 Å². The van der Waals surface area contributed by atoms with Crippen molar-refractivity contribution in [3.8, 4) is 0 Å². The molecule has 0 radical (unpaired) electrons. The van der Waals surface area contributed by atoms with Gasteiger partial charge in [0.15, 0.2) is 0 Å². The number of hydrogen-bond acceptors (Lipinski definition) is 0. The Morgan fingerprint density at radius 2 is 0.595 bits per heavy atom. The van der Waals surface area contributed by atoms with Gasteiger partial charge in [-0.3, -0.25) is 0 Å². The Balaban J connectivity index is 7.97. The van der Waals surface area contributed by atoms with Gasteiger partial charge >= 0.3 is 0 Å². The lowest BCUT2D eigenvalue weighted by Gasteiger charge is -2.53. The van der Waals surface area contributed by atoms with Crippen LogP contribution in [0.2, 0.25) is 5.62 Å². The zero-order valence-electron chi connectivity index (χ0n) is 29.5. The molecule has 0 bridgehead atoms. The van der Waals surface area contributed by atoms with Crippen molar-refractivity contribution >= 4 is 257 Å². The van der Waals surface area contributed by atoms with Crippen LogP contribution in [0.15, 0.2) is 0 Å². The summed E-state index contributed by atoms with van der Waals surface area (Å²) < 4.78 is 0. The third kappa shape index (κ3) is 10.8. The standard InChI is InChI=1S/CH40B36/c2-21-34(27(7)8)23(35(28(9)10)29(11)12)1(22(25(3)4)26(5)6)24(36(30(13)14)31(15)16)37(32(17)18)33(19)20/h1,21H,2-20H2. The zero-order valence-corrected chi connectivity index (χ0v) is 29.5. The molecular formula is CH40B36. The highest BCUT2D eigenvalue weighted by molar-refractivity contribution is 8.13. The lowest BCUT2D eigenvalue weighted by Crippen LogP contribution is -2.84. The Morgan fingerprint density at radius 1 is 0.324 bits per heavy atom. The van der Waals surface area contributed by atoms with E-state index in [9.17, 15) is 0 Å². The molecule has 0 aliphatic rings. The van der Waals surface area contributed by atoms with Crippen LogP contribution in [0.3, 0.4) is 0 Å². The third-order valence-electron chi connectivity index (χ3n) is 10.6. The molecule has 0 fully saturated rings. The first-order valence-corrected chi connectivity index (χ1v) is 16.8. The summed E-state index contributed by atoms with van der Waals surface area (Å²) in [5.74, 6) is 0. The van der Waals surface area contributed by atoms with Gasteiger partial charge < -0.3 is 0 Å². The second-order valence-electron chi connectivity index (χ2n) is 16.3. The van der Waals surface area contributed by atoms with Crippen LogP contribution < -0.4 is 0 Å². The van der Waals surface area contributed by atoms with Gasteiger partial charge in [-0.1, -0.05) is 0 Å². The SMILES string of the molecule is BBB(B(B)B)B(B(B(B)B)B(B)B)C(B(B(B)B)B(B)B)B(B(B(B)B)B(B)B)B(B(B)B)B(B)B. The second-order valence-corrected chi connectivity index (χ2v) is 16.3. The molecule has 0 amide bonds. The smallest absolute Gasteiger partial charge is 0.0594 e. The first kappa shape index (κ1) is 39.3. The largest absolute Gasteiger partial charge is 0.146 e. The van der Waals surface area contributed by atoms with E-state index in [1.807, 2.05) is 0 Å². The predicted molar refractivity (Wildman–Crippen MR) is 265 cm³/mol. The molecule has 0 aromatic carbocycles. The summed E-state index contributed by atoms with van der Waals surface area (Å²) in [6.45, 7) is 2.28. The molecule has 0 aromatic heterocycles. The Hall–Kier alpha value is 2.34. The Morgan fingerprint density at radius 3 is 0.784 bits per heavy atom. The highest BCUT2D eigenvalue weighted by Crippen LogP contribution is 2.28. The first-order chi connectivity index (χ1) is 16.8. The van der Waals surface area contributed by atoms with E-state index in [1.54, 1.807) is 0 Å². The third-order valence-corrected chi connectivity index (χ3v) is 10.6. The molecule has 37 heavy (non-hydrogen) atoms. The molecule has 0 rings (SSSR count). The summed E-state index contributed by atoms with van der Waals surface area (Å²) in [5, 5.41) is 0. The van der Waals surface area contributed by atoms with Gasteiger partial charge in [0.2, 0.25) is 0 Å². The van der Waals surface area contributed by atoms with E-state index < -0.39 is 0 Å². The van der Waals surface area contributed by atoms with E-state index in [-0.39, 0.29) is 0 Å². The molecule has 0 aliphatic carbocycles. The van der Waals surface area contributed by atoms with Crippen molar-refractivity contribution in [1.29, 1.82) is 0 Å².